The Balaban J connectivity index is 0.000000199. The lowest BCUT2D eigenvalue weighted by atomic mass is 9.84. The van der Waals surface area contributed by atoms with E-state index < -0.39 is 37.7 Å². The second-order valence-electron chi connectivity index (χ2n) is 20.3. The smallest absolute Gasteiger partial charge is 0.250 e. The predicted molar refractivity (Wildman–Crippen MR) is 246 cm³/mol. The lowest BCUT2D eigenvalue weighted by molar-refractivity contribution is 0.0241. The lowest BCUT2D eigenvalue weighted by Gasteiger charge is -2.37. The Bertz CT molecular complexity index is 2390. The quantitative estimate of drug-likeness (QED) is 0.128. The van der Waals surface area contributed by atoms with E-state index >= 15 is 0 Å². The molecule has 0 radical (unpaired) electrons. The Hall–Kier alpha value is -3.49. The third-order valence-electron chi connectivity index (χ3n) is 13.2. The highest BCUT2D eigenvalue weighted by Gasteiger charge is 2.67. The molecule has 318 valence electrons. The number of hydrogen-bond donors (Lipinski definition) is 0. The second kappa shape index (κ2) is 15.1. The summed E-state index contributed by atoms with van der Waals surface area (Å²) < 4.78 is 58.6. The molecule has 0 amide bonds. The van der Waals surface area contributed by atoms with Crippen LogP contribution in [0.15, 0.2) is 110 Å². The van der Waals surface area contributed by atoms with Gasteiger partial charge in [-0.25, -0.2) is 8.42 Å². The number of hydrogen-bond acceptors (Lipinski definition) is 8. The summed E-state index contributed by atoms with van der Waals surface area (Å²) in [5.74, 6) is 3.03. The summed E-state index contributed by atoms with van der Waals surface area (Å²) in [6, 6.07) is 26.8. The molecule has 3 heterocycles. The maximum Gasteiger partial charge on any atom is 0.250 e. The van der Waals surface area contributed by atoms with Crippen LogP contribution in [0.4, 0.5) is 0 Å². The number of sulfone groups is 1. The molecule has 0 aliphatic carbocycles. The Labute approximate surface area is 360 Å². The van der Waals surface area contributed by atoms with E-state index in [9.17, 15) is 8.42 Å². The van der Waals surface area contributed by atoms with Crippen molar-refractivity contribution in [2.75, 3.05) is 0 Å². The summed E-state index contributed by atoms with van der Waals surface area (Å²) >= 11 is 1.75. The number of fused-ring (bicyclic) bond motifs is 4. The van der Waals surface area contributed by atoms with Crippen LogP contribution in [-0.4, -0.2) is 41.9 Å². The van der Waals surface area contributed by atoms with Crippen molar-refractivity contribution in [1.82, 2.24) is 0 Å². The van der Waals surface area contributed by atoms with Crippen LogP contribution in [0.3, 0.4) is 0 Å². The molecule has 2 atom stereocenters. The number of benzene rings is 4. The summed E-state index contributed by atoms with van der Waals surface area (Å²) in [5, 5.41) is 0.122. The van der Waals surface area contributed by atoms with Gasteiger partial charge >= 0.3 is 0 Å². The maximum absolute atomic E-state index is 13.7. The fourth-order valence-electron chi connectivity index (χ4n) is 6.44. The molecule has 7 nitrogen and oxygen atoms in total. The van der Waals surface area contributed by atoms with Gasteiger partial charge in [0.25, 0.3) is 16.6 Å². The van der Waals surface area contributed by atoms with Gasteiger partial charge in [0.1, 0.15) is 50.8 Å². The summed E-state index contributed by atoms with van der Waals surface area (Å²) in [5.41, 5.74) is 1.99. The van der Waals surface area contributed by atoms with Crippen molar-refractivity contribution < 1.29 is 31.5 Å². The van der Waals surface area contributed by atoms with Crippen molar-refractivity contribution in [3.8, 4) is 23.0 Å². The Morgan fingerprint density at radius 1 is 0.695 bits per heavy atom. The summed E-state index contributed by atoms with van der Waals surface area (Å²) in [7, 11) is -7.89. The van der Waals surface area contributed by atoms with Crippen LogP contribution in [0.2, 0.25) is 36.3 Å². The van der Waals surface area contributed by atoms with E-state index in [0.717, 1.165) is 27.5 Å². The highest BCUT2D eigenvalue weighted by Crippen LogP contribution is 2.62. The van der Waals surface area contributed by atoms with Gasteiger partial charge in [-0.1, -0.05) is 77.6 Å². The molecule has 1 saturated heterocycles. The number of epoxide rings is 1. The molecular weight excluding hydrogens is 809 g/mol. The second-order valence-corrected chi connectivity index (χ2v) is 32.8. The molecule has 1 fully saturated rings. The SMILES string of the molecule is CC1(C)Oc2ccc(S(=O)(=O)c3ccccc3O[Si](C)(C)C(C)(C)C)cc2[C@@H]2O[C@@]21C.CC1=Cc2cc(Sc3ccccc3O[Si](C)(C)C(C)(C)C)ccc2OC1(C)C. The molecule has 4 aromatic carbocycles. The Kier molecular flexibility index (Phi) is 11.6. The van der Waals surface area contributed by atoms with E-state index in [-0.39, 0.29) is 31.6 Å². The van der Waals surface area contributed by atoms with Gasteiger partial charge in [0.05, 0.1) is 9.79 Å². The van der Waals surface area contributed by atoms with E-state index in [0.29, 0.717) is 11.5 Å². The van der Waals surface area contributed by atoms with Gasteiger partial charge in [0, 0.05) is 16.0 Å². The van der Waals surface area contributed by atoms with Crippen LogP contribution < -0.4 is 18.3 Å². The molecule has 0 spiro atoms. The average Bonchev–Trinajstić information content (AvgIpc) is 3.83. The monoisotopic (exact) mass is 872 g/mol. The minimum Gasteiger partial charge on any atom is -0.543 e. The van der Waals surface area contributed by atoms with Crippen LogP contribution in [0, 0.1) is 0 Å². The first-order valence-corrected chi connectivity index (χ1v) is 28.6. The van der Waals surface area contributed by atoms with Gasteiger partial charge in [-0.2, -0.15) is 0 Å². The van der Waals surface area contributed by atoms with Crippen LogP contribution in [0.25, 0.3) is 6.08 Å². The fraction of sp³-hybridized carbons (Fsp3) is 0.458. The minimum atomic E-state index is -3.79. The van der Waals surface area contributed by atoms with Gasteiger partial charge in [-0.15, -0.1) is 0 Å². The summed E-state index contributed by atoms with van der Waals surface area (Å²) in [4.78, 5) is 2.76. The third kappa shape index (κ3) is 8.83. The highest BCUT2D eigenvalue weighted by molar-refractivity contribution is 7.99. The minimum absolute atomic E-state index is 0.0480. The molecule has 0 saturated carbocycles. The zero-order valence-electron chi connectivity index (χ0n) is 37.9. The van der Waals surface area contributed by atoms with Gasteiger partial charge in [-0.05, 0) is 150 Å². The molecule has 0 unspecified atom stereocenters. The molecule has 59 heavy (non-hydrogen) atoms. The molecule has 0 aromatic heterocycles. The Morgan fingerprint density at radius 3 is 1.88 bits per heavy atom. The standard InChI is InChI=1S/C24H32O5SSi.C24H32O2SSi/c1-22(2,3)31(7,8)29-19-11-9-10-12-20(19)30(25,26)16-13-14-18-17(15-16)21-24(6,28-21)23(4,5)27-18;1-17-15-18-16-19(13-14-20(18)25-24(17,5)6)27-22-12-10-9-11-21(22)26-28(7,8)23(2,3)4/h9-15,21H,1-8H3;9-16H,1-8H3/t21-,24-;/m0./s1. The van der Waals surface area contributed by atoms with E-state index in [4.69, 9.17) is 23.1 Å². The van der Waals surface area contributed by atoms with Crippen molar-refractivity contribution in [3.63, 3.8) is 0 Å². The zero-order valence-corrected chi connectivity index (χ0v) is 41.5. The third-order valence-corrected chi connectivity index (χ3v) is 24.7. The van der Waals surface area contributed by atoms with Crippen molar-refractivity contribution >= 4 is 44.3 Å². The van der Waals surface area contributed by atoms with Crippen molar-refractivity contribution in [2.45, 2.75) is 162 Å². The fourth-order valence-corrected chi connectivity index (χ4v) is 11.0. The molecule has 11 heteroatoms. The normalized spacial score (nSPS) is 20.5. The Morgan fingerprint density at radius 2 is 1.25 bits per heavy atom. The van der Waals surface area contributed by atoms with Gasteiger partial charge in [0.15, 0.2) is 0 Å². The first-order valence-electron chi connectivity index (χ1n) is 20.5. The first-order chi connectivity index (χ1) is 27.0. The van der Waals surface area contributed by atoms with E-state index in [1.807, 2.05) is 26.8 Å². The van der Waals surface area contributed by atoms with Crippen LogP contribution in [0.5, 0.6) is 23.0 Å². The molecule has 3 aliphatic heterocycles. The number of rotatable bonds is 8. The van der Waals surface area contributed by atoms with Gasteiger partial charge in [-0.3, -0.25) is 0 Å². The van der Waals surface area contributed by atoms with Gasteiger partial charge in [0.2, 0.25) is 9.84 Å². The van der Waals surface area contributed by atoms with Crippen LogP contribution >= 0.6 is 11.8 Å². The van der Waals surface area contributed by atoms with Gasteiger partial charge < -0.3 is 23.1 Å². The van der Waals surface area contributed by atoms with E-state index in [1.54, 1.807) is 48.2 Å². The summed E-state index contributed by atoms with van der Waals surface area (Å²) in [6.45, 7) is 34.4. The lowest BCUT2D eigenvalue weighted by Crippen LogP contribution is -2.45. The number of ether oxygens (including phenoxy) is 3. The summed E-state index contributed by atoms with van der Waals surface area (Å²) in [6.07, 6.45) is 2.07. The molecule has 3 aliphatic rings. The van der Waals surface area contributed by atoms with Crippen molar-refractivity contribution in [1.29, 1.82) is 0 Å². The maximum atomic E-state index is 13.7. The molecule has 0 bridgehead atoms. The molecule has 0 N–H and O–H groups in total. The first kappa shape index (κ1) is 45.1. The van der Waals surface area contributed by atoms with Crippen molar-refractivity contribution in [3.05, 3.63) is 102 Å². The largest absolute Gasteiger partial charge is 0.543 e. The predicted octanol–water partition coefficient (Wildman–Crippen LogP) is 13.7. The van der Waals surface area contributed by atoms with E-state index in [1.165, 1.54) is 10.5 Å². The highest BCUT2D eigenvalue weighted by atomic mass is 32.2. The topological polar surface area (TPSA) is 83.6 Å². The van der Waals surface area contributed by atoms with Crippen molar-refractivity contribution in [2.24, 2.45) is 0 Å². The number of para-hydroxylation sites is 2. The van der Waals surface area contributed by atoms with Crippen LogP contribution in [-0.2, 0) is 14.6 Å². The van der Waals surface area contributed by atoms with Crippen LogP contribution in [0.1, 0.15) is 100 Å². The zero-order chi connectivity index (χ0) is 43.8. The van der Waals surface area contributed by atoms with E-state index in [2.05, 4.69) is 137 Å². The molecule has 7 rings (SSSR count). The molecule has 4 aromatic rings. The molecular formula is C48H64O7S2Si2. The average molecular weight is 873 g/mol.